The van der Waals surface area contributed by atoms with Crippen LogP contribution in [0.5, 0.6) is 0 Å². The van der Waals surface area contributed by atoms with E-state index in [0.717, 1.165) is 34.7 Å². The van der Waals surface area contributed by atoms with Crippen LogP contribution in [-0.2, 0) is 0 Å². The first-order valence-corrected chi connectivity index (χ1v) is 7.05. The number of halogens is 1. The summed E-state index contributed by atoms with van der Waals surface area (Å²) in [4.78, 5) is 6.42. The van der Waals surface area contributed by atoms with Crippen molar-refractivity contribution in [3.05, 3.63) is 16.9 Å². The van der Waals surface area contributed by atoms with E-state index in [0.29, 0.717) is 0 Å². The van der Waals surface area contributed by atoms with Crippen molar-refractivity contribution >= 4 is 39.1 Å². The molecule has 1 aliphatic heterocycles. The summed E-state index contributed by atoms with van der Waals surface area (Å²) >= 11 is 5.55. The third kappa shape index (κ3) is 2.46. The van der Waals surface area contributed by atoms with E-state index in [-0.39, 0.29) is 4.75 Å². The lowest BCUT2D eigenvalue weighted by Gasteiger charge is -2.39. The third-order valence-electron chi connectivity index (χ3n) is 2.64. The maximum atomic E-state index is 6.00. The molecule has 0 aliphatic carbocycles. The van der Waals surface area contributed by atoms with Gasteiger partial charge in [-0.05, 0) is 29.8 Å². The number of anilines is 2. The minimum Gasteiger partial charge on any atom is -0.396 e. The molecule has 0 radical (unpaired) electrons. The van der Waals surface area contributed by atoms with E-state index in [1.807, 2.05) is 11.8 Å². The molecule has 1 aliphatic rings. The Hall–Kier alpha value is -0.420. The number of aromatic nitrogens is 1. The largest absolute Gasteiger partial charge is 0.396 e. The van der Waals surface area contributed by atoms with Crippen LogP contribution in [0.4, 0.5) is 11.4 Å². The van der Waals surface area contributed by atoms with Gasteiger partial charge in [0, 0.05) is 29.8 Å². The van der Waals surface area contributed by atoms with Crippen molar-refractivity contribution in [1.82, 2.24) is 4.98 Å². The summed E-state index contributed by atoms with van der Waals surface area (Å²) in [6, 6.07) is 0. The first-order chi connectivity index (χ1) is 7.49. The zero-order valence-corrected chi connectivity index (χ0v) is 11.9. The highest BCUT2D eigenvalue weighted by atomic mass is 79.9. The molecule has 1 aromatic rings. The third-order valence-corrected chi connectivity index (χ3v) is 4.52. The molecule has 0 unspecified atom stereocenters. The first kappa shape index (κ1) is 12.0. The zero-order chi connectivity index (χ0) is 11.8. The van der Waals surface area contributed by atoms with Crippen LogP contribution in [0.3, 0.4) is 0 Å². The number of nitrogens with zero attached hydrogens (tertiary/aromatic N) is 2. The number of thioether (sulfide) groups is 1. The van der Waals surface area contributed by atoms with E-state index in [1.165, 1.54) is 0 Å². The molecule has 0 aromatic carbocycles. The summed E-state index contributed by atoms with van der Waals surface area (Å²) in [6.07, 6.45) is 3.52. The van der Waals surface area contributed by atoms with Gasteiger partial charge in [0.1, 0.15) is 0 Å². The lowest BCUT2D eigenvalue weighted by Crippen LogP contribution is -2.43. The van der Waals surface area contributed by atoms with Crippen LogP contribution in [0.15, 0.2) is 16.9 Å². The highest BCUT2D eigenvalue weighted by Gasteiger charge is 2.28. The van der Waals surface area contributed by atoms with Crippen molar-refractivity contribution in [2.24, 2.45) is 0 Å². The van der Waals surface area contributed by atoms with Gasteiger partial charge in [-0.15, -0.1) is 0 Å². The standard InChI is InChI=1S/C11H16BrN3S/c1-11(2)7-15(3-4-16-11)10-8(12)5-14-6-9(10)13/h5-6H,3-4,7,13H2,1-2H3. The van der Waals surface area contributed by atoms with Crippen LogP contribution in [0.25, 0.3) is 0 Å². The monoisotopic (exact) mass is 301 g/mol. The Labute approximate surface area is 109 Å². The second-order valence-electron chi connectivity index (χ2n) is 4.59. The fourth-order valence-electron chi connectivity index (χ4n) is 1.98. The topological polar surface area (TPSA) is 42.1 Å². The average Bonchev–Trinajstić information content (AvgIpc) is 2.15. The number of nitrogen functional groups attached to an aromatic ring is 1. The van der Waals surface area contributed by atoms with E-state index >= 15 is 0 Å². The van der Waals surface area contributed by atoms with Gasteiger partial charge in [0.05, 0.1) is 22.0 Å². The molecule has 2 heterocycles. The van der Waals surface area contributed by atoms with Crippen molar-refractivity contribution in [3.8, 4) is 0 Å². The van der Waals surface area contributed by atoms with Gasteiger partial charge in [0.15, 0.2) is 0 Å². The first-order valence-electron chi connectivity index (χ1n) is 5.27. The number of pyridine rings is 1. The van der Waals surface area contributed by atoms with E-state index in [9.17, 15) is 0 Å². The summed E-state index contributed by atoms with van der Waals surface area (Å²) < 4.78 is 1.27. The summed E-state index contributed by atoms with van der Waals surface area (Å²) in [5.41, 5.74) is 7.83. The smallest absolute Gasteiger partial charge is 0.0776 e. The summed E-state index contributed by atoms with van der Waals surface area (Å²) in [5.74, 6) is 1.14. The van der Waals surface area contributed by atoms with E-state index in [2.05, 4.69) is 39.7 Å². The van der Waals surface area contributed by atoms with Crippen LogP contribution in [0.2, 0.25) is 0 Å². The SMILES string of the molecule is CC1(C)CN(c2c(N)cncc2Br)CCS1. The maximum Gasteiger partial charge on any atom is 0.0776 e. The van der Waals surface area contributed by atoms with Crippen LogP contribution in [0, 0.1) is 0 Å². The molecule has 1 saturated heterocycles. The van der Waals surface area contributed by atoms with Crippen molar-refractivity contribution in [2.45, 2.75) is 18.6 Å². The molecule has 0 saturated carbocycles. The quantitative estimate of drug-likeness (QED) is 0.866. The molecule has 16 heavy (non-hydrogen) atoms. The summed E-state index contributed by atoms with van der Waals surface area (Å²) in [7, 11) is 0. The molecule has 5 heteroatoms. The van der Waals surface area contributed by atoms with Crippen molar-refractivity contribution in [2.75, 3.05) is 29.5 Å². The molecule has 0 amide bonds. The molecule has 0 spiro atoms. The number of hydrogen-bond acceptors (Lipinski definition) is 4. The molecule has 1 fully saturated rings. The Morgan fingerprint density at radius 2 is 2.25 bits per heavy atom. The minimum absolute atomic E-state index is 0.285. The fourth-order valence-corrected chi connectivity index (χ4v) is 3.69. The zero-order valence-electron chi connectivity index (χ0n) is 9.53. The van der Waals surface area contributed by atoms with Gasteiger partial charge in [-0.25, -0.2) is 0 Å². The Bertz CT molecular complexity index is 375. The average molecular weight is 302 g/mol. The van der Waals surface area contributed by atoms with Crippen molar-refractivity contribution < 1.29 is 0 Å². The Balaban J connectivity index is 2.30. The summed E-state index contributed by atoms with van der Waals surface area (Å²) in [6.45, 7) is 6.61. The van der Waals surface area contributed by atoms with E-state index < -0.39 is 0 Å². The predicted molar refractivity (Wildman–Crippen MR) is 75.1 cm³/mol. The Kier molecular flexibility index (Phi) is 3.35. The second-order valence-corrected chi connectivity index (χ2v) is 7.25. The second kappa shape index (κ2) is 4.45. The van der Waals surface area contributed by atoms with Gasteiger partial charge in [-0.1, -0.05) is 0 Å². The van der Waals surface area contributed by atoms with Crippen LogP contribution in [0.1, 0.15) is 13.8 Å². The number of rotatable bonds is 1. The molecule has 3 nitrogen and oxygen atoms in total. The van der Waals surface area contributed by atoms with Crippen LogP contribution >= 0.6 is 27.7 Å². The molecule has 88 valence electrons. The van der Waals surface area contributed by atoms with Gasteiger partial charge in [0.2, 0.25) is 0 Å². The van der Waals surface area contributed by atoms with E-state index in [4.69, 9.17) is 5.73 Å². The normalized spacial score (nSPS) is 19.8. The van der Waals surface area contributed by atoms with Gasteiger partial charge >= 0.3 is 0 Å². The van der Waals surface area contributed by atoms with Crippen molar-refractivity contribution in [1.29, 1.82) is 0 Å². The van der Waals surface area contributed by atoms with Gasteiger partial charge in [-0.2, -0.15) is 11.8 Å². The van der Waals surface area contributed by atoms with Crippen molar-refractivity contribution in [3.63, 3.8) is 0 Å². The molecular formula is C11H16BrN3S. The predicted octanol–water partition coefficient (Wildman–Crippen LogP) is 2.76. The van der Waals surface area contributed by atoms with Gasteiger partial charge in [0.25, 0.3) is 0 Å². The molecule has 0 atom stereocenters. The molecule has 2 rings (SSSR count). The lowest BCUT2D eigenvalue weighted by molar-refractivity contribution is 0.647. The van der Waals surface area contributed by atoms with Crippen LogP contribution in [-0.4, -0.2) is 28.6 Å². The Morgan fingerprint density at radius 3 is 2.88 bits per heavy atom. The van der Waals surface area contributed by atoms with Crippen LogP contribution < -0.4 is 10.6 Å². The summed E-state index contributed by atoms with van der Waals surface area (Å²) in [5, 5.41) is 0. The molecular weight excluding hydrogens is 286 g/mol. The number of nitrogens with two attached hydrogens (primary N) is 1. The Morgan fingerprint density at radius 1 is 1.50 bits per heavy atom. The van der Waals surface area contributed by atoms with Gasteiger partial charge < -0.3 is 10.6 Å². The molecule has 1 aromatic heterocycles. The fraction of sp³-hybridized carbons (Fsp3) is 0.545. The molecule has 2 N–H and O–H groups in total. The minimum atomic E-state index is 0.285. The van der Waals surface area contributed by atoms with E-state index in [1.54, 1.807) is 12.4 Å². The molecule has 0 bridgehead atoms. The number of hydrogen-bond donors (Lipinski definition) is 1. The lowest BCUT2D eigenvalue weighted by atomic mass is 10.1. The highest BCUT2D eigenvalue weighted by Crippen LogP contribution is 2.37. The highest BCUT2D eigenvalue weighted by molar-refractivity contribution is 9.10. The van der Waals surface area contributed by atoms with Gasteiger partial charge in [-0.3, -0.25) is 4.98 Å². The maximum absolute atomic E-state index is 6.00.